The zero-order valence-corrected chi connectivity index (χ0v) is 15.8. The lowest BCUT2D eigenvalue weighted by molar-refractivity contribution is 0.170. The number of imidazole rings is 1. The van der Waals surface area contributed by atoms with Crippen LogP contribution in [0.3, 0.4) is 0 Å². The molecule has 0 fully saturated rings. The second-order valence-electron chi connectivity index (χ2n) is 6.97. The summed E-state index contributed by atoms with van der Waals surface area (Å²) >= 11 is 0. The van der Waals surface area contributed by atoms with E-state index in [-0.39, 0.29) is 11.2 Å². The Hall–Kier alpha value is -1.89. The van der Waals surface area contributed by atoms with Gasteiger partial charge in [-0.2, -0.15) is 0 Å². The highest BCUT2D eigenvalue weighted by atomic mass is 16.2. The molecule has 7 heteroatoms. The van der Waals surface area contributed by atoms with Gasteiger partial charge in [0.15, 0.2) is 11.2 Å². The van der Waals surface area contributed by atoms with Crippen molar-refractivity contribution in [3.63, 3.8) is 0 Å². The zero-order chi connectivity index (χ0) is 18.2. The first-order valence-corrected chi connectivity index (χ1v) is 8.55. The fourth-order valence-corrected chi connectivity index (χ4v) is 3.35. The van der Waals surface area contributed by atoms with Crippen molar-refractivity contribution in [3.8, 4) is 0 Å². The van der Waals surface area contributed by atoms with Crippen LogP contribution in [0.15, 0.2) is 9.59 Å². The standard InChI is InChI=1S/C17H29N5O2/c1-11(2)21(12(3)4)9-8-10-22-13(5)18-15-14(22)16(23)20(7)17(24)19(15)6/h11-12H,8-10H2,1-7H3. The summed E-state index contributed by atoms with van der Waals surface area (Å²) in [5.41, 5.74) is 0.351. The molecule has 0 atom stereocenters. The van der Waals surface area contributed by atoms with E-state index in [1.807, 2.05) is 11.5 Å². The highest BCUT2D eigenvalue weighted by molar-refractivity contribution is 5.70. The second kappa shape index (κ2) is 6.93. The highest BCUT2D eigenvalue weighted by Gasteiger charge is 2.18. The number of nitrogens with zero attached hydrogens (tertiary/aromatic N) is 5. The monoisotopic (exact) mass is 335 g/mol. The van der Waals surface area contributed by atoms with Crippen LogP contribution in [0.5, 0.6) is 0 Å². The number of aromatic nitrogens is 4. The Morgan fingerprint density at radius 2 is 1.62 bits per heavy atom. The average molecular weight is 335 g/mol. The van der Waals surface area contributed by atoms with E-state index in [1.165, 1.54) is 11.6 Å². The van der Waals surface area contributed by atoms with Gasteiger partial charge < -0.3 is 4.57 Å². The highest BCUT2D eigenvalue weighted by Crippen LogP contribution is 2.12. The molecule has 0 aliphatic carbocycles. The topological polar surface area (TPSA) is 65.1 Å². The fourth-order valence-electron chi connectivity index (χ4n) is 3.35. The first kappa shape index (κ1) is 18.4. The number of aryl methyl sites for hydroxylation is 3. The van der Waals surface area contributed by atoms with Crippen molar-refractivity contribution in [2.75, 3.05) is 6.54 Å². The summed E-state index contributed by atoms with van der Waals surface area (Å²) in [6.45, 7) is 12.3. The van der Waals surface area contributed by atoms with Gasteiger partial charge in [-0.05, 0) is 41.0 Å². The van der Waals surface area contributed by atoms with E-state index in [9.17, 15) is 9.59 Å². The van der Waals surface area contributed by atoms with E-state index >= 15 is 0 Å². The largest absolute Gasteiger partial charge is 0.332 e. The minimum Gasteiger partial charge on any atom is -0.322 e. The van der Waals surface area contributed by atoms with Gasteiger partial charge in [-0.1, -0.05) is 0 Å². The summed E-state index contributed by atoms with van der Waals surface area (Å²) in [6, 6.07) is 0.971. The first-order chi connectivity index (χ1) is 11.2. The Balaban J connectivity index is 2.35. The van der Waals surface area contributed by atoms with Gasteiger partial charge in [-0.25, -0.2) is 9.78 Å². The molecule has 7 nitrogen and oxygen atoms in total. The fraction of sp³-hybridized carbons (Fsp3) is 0.706. The third-order valence-electron chi connectivity index (χ3n) is 4.66. The van der Waals surface area contributed by atoms with E-state index < -0.39 is 0 Å². The number of fused-ring (bicyclic) bond motifs is 1. The van der Waals surface area contributed by atoms with Crippen molar-refractivity contribution >= 4 is 11.2 Å². The summed E-state index contributed by atoms with van der Waals surface area (Å²) < 4.78 is 4.53. The molecule has 0 spiro atoms. The van der Waals surface area contributed by atoms with Gasteiger partial charge in [0.05, 0.1) is 0 Å². The number of hydrogen-bond acceptors (Lipinski definition) is 4. The molecule has 2 aromatic rings. The summed E-state index contributed by atoms with van der Waals surface area (Å²) in [5, 5.41) is 0. The summed E-state index contributed by atoms with van der Waals surface area (Å²) in [7, 11) is 3.16. The molecule has 0 saturated carbocycles. The molecule has 0 radical (unpaired) electrons. The minimum absolute atomic E-state index is 0.279. The molecule has 0 bridgehead atoms. The van der Waals surface area contributed by atoms with Crippen molar-refractivity contribution in [2.24, 2.45) is 14.1 Å². The maximum absolute atomic E-state index is 12.5. The van der Waals surface area contributed by atoms with E-state index in [0.29, 0.717) is 29.8 Å². The smallest absolute Gasteiger partial charge is 0.322 e. The molecule has 0 N–H and O–H groups in total. The van der Waals surface area contributed by atoms with Gasteiger partial charge in [-0.3, -0.25) is 18.8 Å². The normalized spacial score (nSPS) is 12.2. The van der Waals surface area contributed by atoms with Crippen LogP contribution in [-0.4, -0.2) is 42.2 Å². The van der Waals surface area contributed by atoms with Crippen LogP contribution < -0.4 is 11.2 Å². The third-order valence-corrected chi connectivity index (χ3v) is 4.66. The van der Waals surface area contributed by atoms with Crippen LogP contribution in [0.2, 0.25) is 0 Å². The van der Waals surface area contributed by atoms with E-state index in [1.54, 1.807) is 7.05 Å². The molecule has 2 aromatic heterocycles. The number of rotatable bonds is 6. The molecule has 0 amide bonds. The van der Waals surface area contributed by atoms with Gasteiger partial charge in [0, 0.05) is 39.3 Å². The van der Waals surface area contributed by atoms with Crippen molar-refractivity contribution in [1.29, 1.82) is 0 Å². The Bertz CT molecular complexity index is 833. The number of hydrogen-bond donors (Lipinski definition) is 0. The average Bonchev–Trinajstić information content (AvgIpc) is 2.83. The zero-order valence-electron chi connectivity index (χ0n) is 15.8. The molecule has 2 rings (SSSR count). The van der Waals surface area contributed by atoms with E-state index in [2.05, 4.69) is 37.6 Å². The Kier molecular flexibility index (Phi) is 5.32. The van der Waals surface area contributed by atoms with Crippen LogP contribution in [-0.2, 0) is 20.6 Å². The summed E-state index contributed by atoms with van der Waals surface area (Å²) in [6.07, 6.45) is 0.925. The maximum Gasteiger partial charge on any atom is 0.332 e. The van der Waals surface area contributed by atoms with Gasteiger partial charge in [0.25, 0.3) is 5.56 Å². The first-order valence-electron chi connectivity index (χ1n) is 8.55. The summed E-state index contributed by atoms with van der Waals surface area (Å²) in [4.78, 5) is 31.4. The van der Waals surface area contributed by atoms with Crippen molar-refractivity contribution in [1.82, 2.24) is 23.6 Å². The van der Waals surface area contributed by atoms with E-state index in [4.69, 9.17) is 0 Å². The van der Waals surface area contributed by atoms with Crippen LogP contribution in [0.25, 0.3) is 11.2 Å². The maximum atomic E-state index is 12.5. The van der Waals surface area contributed by atoms with E-state index in [0.717, 1.165) is 23.4 Å². The molecule has 24 heavy (non-hydrogen) atoms. The molecule has 0 aliphatic rings. The van der Waals surface area contributed by atoms with Crippen LogP contribution in [0, 0.1) is 6.92 Å². The molecular weight excluding hydrogens is 306 g/mol. The molecule has 2 heterocycles. The minimum atomic E-state index is -0.344. The van der Waals surface area contributed by atoms with Gasteiger partial charge >= 0.3 is 5.69 Å². The third kappa shape index (κ3) is 3.17. The Labute approximate surface area is 142 Å². The lowest BCUT2D eigenvalue weighted by atomic mass is 10.2. The molecule has 0 saturated heterocycles. The lowest BCUT2D eigenvalue weighted by Crippen LogP contribution is -2.38. The van der Waals surface area contributed by atoms with Gasteiger partial charge in [-0.15, -0.1) is 0 Å². The van der Waals surface area contributed by atoms with Crippen LogP contribution in [0.4, 0.5) is 0 Å². The Morgan fingerprint density at radius 1 is 1.04 bits per heavy atom. The Morgan fingerprint density at radius 3 is 2.17 bits per heavy atom. The SMILES string of the molecule is Cc1nc2c(c(=O)n(C)c(=O)n2C)n1CCCN(C(C)C)C(C)C. The van der Waals surface area contributed by atoms with Crippen LogP contribution >= 0.6 is 0 Å². The van der Waals surface area contributed by atoms with Crippen LogP contribution in [0.1, 0.15) is 39.9 Å². The molecule has 0 aliphatic heterocycles. The van der Waals surface area contributed by atoms with Crippen molar-refractivity contribution < 1.29 is 0 Å². The van der Waals surface area contributed by atoms with Gasteiger partial charge in [0.2, 0.25) is 0 Å². The van der Waals surface area contributed by atoms with Crippen molar-refractivity contribution in [2.45, 2.75) is 59.7 Å². The molecule has 0 aromatic carbocycles. The predicted octanol–water partition coefficient (Wildman–Crippen LogP) is 1.25. The second-order valence-corrected chi connectivity index (χ2v) is 6.97. The predicted molar refractivity (Wildman–Crippen MR) is 96.5 cm³/mol. The molecule has 0 unspecified atom stereocenters. The summed E-state index contributed by atoms with van der Waals surface area (Å²) in [5.74, 6) is 0.768. The molecular formula is C17H29N5O2. The van der Waals surface area contributed by atoms with Crippen molar-refractivity contribution in [3.05, 3.63) is 26.7 Å². The van der Waals surface area contributed by atoms with Gasteiger partial charge in [0.1, 0.15) is 5.82 Å². The quantitative estimate of drug-likeness (QED) is 0.797. The molecule has 134 valence electrons. The lowest BCUT2D eigenvalue weighted by Gasteiger charge is -2.30.